The van der Waals surface area contributed by atoms with Crippen LogP contribution in [0.4, 0.5) is 5.69 Å². The zero-order chi connectivity index (χ0) is 18.7. The van der Waals surface area contributed by atoms with Gasteiger partial charge in [-0.1, -0.05) is 37.9 Å². The lowest BCUT2D eigenvalue weighted by atomic mass is 9.99. The molecule has 5 nitrogen and oxygen atoms in total. The number of hydrogen-bond donors (Lipinski definition) is 1. The van der Waals surface area contributed by atoms with Gasteiger partial charge in [0.25, 0.3) is 0 Å². The molecule has 26 heavy (non-hydrogen) atoms. The summed E-state index contributed by atoms with van der Waals surface area (Å²) in [5.74, 6) is -0.522. The van der Waals surface area contributed by atoms with Crippen molar-refractivity contribution in [2.45, 2.75) is 17.7 Å². The molecule has 0 bridgehead atoms. The molecule has 0 aliphatic carbocycles. The molecule has 1 fully saturated rings. The molecule has 0 aromatic heterocycles. The van der Waals surface area contributed by atoms with Crippen LogP contribution >= 0.6 is 31.9 Å². The van der Waals surface area contributed by atoms with E-state index in [1.165, 1.54) is 4.31 Å². The molecule has 2 aromatic carbocycles. The van der Waals surface area contributed by atoms with Crippen molar-refractivity contribution in [3.63, 3.8) is 0 Å². The van der Waals surface area contributed by atoms with Crippen LogP contribution in [-0.2, 0) is 14.8 Å². The predicted molar refractivity (Wildman–Crippen MR) is 108 cm³/mol. The summed E-state index contributed by atoms with van der Waals surface area (Å²) in [5, 5.41) is 2.88. The maximum atomic E-state index is 12.8. The maximum Gasteiger partial charge on any atom is 0.243 e. The van der Waals surface area contributed by atoms with Crippen molar-refractivity contribution in [2.75, 3.05) is 18.4 Å². The third-order valence-electron chi connectivity index (χ3n) is 4.30. The first kappa shape index (κ1) is 19.5. The van der Waals surface area contributed by atoms with Gasteiger partial charge in [0.2, 0.25) is 15.9 Å². The molecular weight excluding hydrogens is 484 g/mol. The van der Waals surface area contributed by atoms with Gasteiger partial charge in [-0.15, -0.1) is 0 Å². The molecule has 0 unspecified atom stereocenters. The lowest BCUT2D eigenvalue weighted by Crippen LogP contribution is -2.43. The van der Waals surface area contributed by atoms with Crippen molar-refractivity contribution in [1.29, 1.82) is 0 Å². The summed E-state index contributed by atoms with van der Waals surface area (Å²) in [6.45, 7) is 0.622. The van der Waals surface area contributed by atoms with E-state index in [2.05, 4.69) is 37.2 Å². The van der Waals surface area contributed by atoms with Gasteiger partial charge in [0.15, 0.2) is 0 Å². The lowest BCUT2D eigenvalue weighted by molar-refractivity contribution is -0.120. The summed E-state index contributed by atoms with van der Waals surface area (Å²) >= 11 is 6.68. The van der Waals surface area contributed by atoms with Gasteiger partial charge in [0, 0.05) is 27.7 Å². The van der Waals surface area contributed by atoms with Gasteiger partial charge in [0.1, 0.15) is 0 Å². The van der Waals surface area contributed by atoms with Crippen molar-refractivity contribution in [1.82, 2.24) is 4.31 Å². The molecule has 1 atom stereocenters. The molecule has 1 amide bonds. The van der Waals surface area contributed by atoms with Crippen LogP contribution in [0.3, 0.4) is 0 Å². The quantitative estimate of drug-likeness (QED) is 0.680. The summed E-state index contributed by atoms with van der Waals surface area (Å²) < 4.78 is 28.8. The number of anilines is 1. The van der Waals surface area contributed by atoms with Crippen molar-refractivity contribution in [3.8, 4) is 0 Å². The summed E-state index contributed by atoms with van der Waals surface area (Å²) in [4.78, 5) is 12.8. The number of benzene rings is 2. The third-order valence-corrected chi connectivity index (χ3v) is 7.20. The molecule has 0 saturated carbocycles. The second-order valence-electron chi connectivity index (χ2n) is 6.16. The van der Waals surface area contributed by atoms with E-state index in [-0.39, 0.29) is 23.3 Å². The van der Waals surface area contributed by atoms with Gasteiger partial charge in [-0.25, -0.2) is 8.42 Å². The van der Waals surface area contributed by atoms with E-state index >= 15 is 0 Å². The van der Waals surface area contributed by atoms with E-state index in [0.29, 0.717) is 25.1 Å². The Labute approximate surface area is 170 Å². The molecule has 138 valence electrons. The van der Waals surface area contributed by atoms with Crippen molar-refractivity contribution < 1.29 is 13.2 Å². The van der Waals surface area contributed by atoms with Gasteiger partial charge in [-0.2, -0.15) is 4.31 Å². The molecule has 3 rings (SSSR count). The fourth-order valence-electron chi connectivity index (χ4n) is 2.94. The summed E-state index contributed by atoms with van der Waals surface area (Å²) in [5.41, 5.74) is 0.692. The van der Waals surface area contributed by atoms with Crippen LogP contribution in [0, 0.1) is 5.92 Å². The van der Waals surface area contributed by atoms with E-state index in [0.717, 1.165) is 8.95 Å². The van der Waals surface area contributed by atoms with Gasteiger partial charge in [-0.05, 0) is 55.3 Å². The smallest absolute Gasteiger partial charge is 0.243 e. The Morgan fingerprint density at radius 2 is 1.81 bits per heavy atom. The molecule has 1 aliphatic heterocycles. The fraction of sp³-hybridized carbons (Fsp3) is 0.278. The minimum atomic E-state index is -3.60. The Balaban J connectivity index is 1.72. The first-order valence-corrected chi connectivity index (χ1v) is 11.2. The molecule has 1 saturated heterocycles. The van der Waals surface area contributed by atoms with Crippen LogP contribution in [0.1, 0.15) is 12.8 Å². The first-order chi connectivity index (χ1) is 12.4. The Bertz CT molecular complexity index is 901. The zero-order valence-corrected chi connectivity index (χ0v) is 17.8. The van der Waals surface area contributed by atoms with Crippen LogP contribution in [0.2, 0.25) is 0 Å². The number of carbonyl (C=O) groups is 1. The summed E-state index contributed by atoms with van der Waals surface area (Å²) in [6.07, 6.45) is 1.33. The summed E-state index contributed by atoms with van der Waals surface area (Å²) in [7, 11) is -3.60. The molecule has 0 radical (unpaired) electrons. The second kappa shape index (κ2) is 8.21. The van der Waals surface area contributed by atoms with E-state index in [1.54, 1.807) is 24.3 Å². The molecule has 2 aromatic rings. The topological polar surface area (TPSA) is 66.5 Å². The van der Waals surface area contributed by atoms with Crippen LogP contribution < -0.4 is 5.32 Å². The minimum Gasteiger partial charge on any atom is -0.326 e. The number of piperidine rings is 1. The van der Waals surface area contributed by atoms with Gasteiger partial charge >= 0.3 is 0 Å². The first-order valence-electron chi connectivity index (χ1n) is 8.18. The average molecular weight is 502 g/mol. The van der Waals surface area contributed by atoms with Crippen LogP contribution in [-0.4, -0.2) is 31.7 Å². The molecule has 1 heterocycles. The average Bonchev–Trinajstić information content (AvgIpc) is 2.62. The fourth-order valence-corrected chi connectivity index (χ4v) is 5.13. The SMILES string of the molecule is O=C(Nc1cccc(Br)c1)[C@H]1CCCN(S(=O)(=O)c2ccc(Br)cc2)C1. The number of nitrogens with zero attached hydrogens (tertiary/aromatic N) is 1. The van der Waals surface area contributed by atoms with E-state index in [1.807, 2.05) is 24.3 Å². The largest absolute Gasteiger partial charge is 0.326 e. The third kappa shape index (κ3) is 4.54. The number of rotatable bonds is 4. The number of carbonyl (C=O) groups excluding carboxylic acids is 1. The van der Waals surface area contributed by atoms with Gasteiger partial charge in [0.05, 0.1) is 10.8 Å². The second-order valence-corrected chi connectivity index (χ2v) is 9.93. The van der Waals surface area contributed by atoms with Gasteiger partial charge < -0.3 is 5.32 Å². The number of nitrogens with one attached hydrogen (secondary N) is 1. The Kier molecular flexibility index (Phi) is 6.17. The molecule has 1 aliphatic rings. The van der Waals surface area contributed by atoms with Crippen molar-refractivity contribution in [3.05, 3.63) is 57.5 Å². The number of amides is 1. The molecule has 8 heteroatoms. The molecular formula is C18H18Br2N2O3S. The van der Waals surface area contributed by atoms with Crippen LogP contribution in [0.25, 0.3) is 0 Å². The Morgan fingerprint density at radius 3 is 2.50 bits per heavy atom. The number of hydrogen-bond acceptors (Lipinski definition) is 3. The standard InChI is InChI=1S/C18H18Br2N2O3S/c19-14-6-8-17(9-7-14)26(24,25)22-10-2-3-13(12-22)18(23)21-16-5-1-4-15(20)11-16/h1,4-9,11,13H,2-3,10,12H2,(H,21,23)/t13-/m0/s1. The number of sulfonamides is 1. The molecule has 1 N–H and O–H groups in total. The predicted octanol–water partition coefficient (Wildman–Crippen LogP) is 4.25. The Hall–Kier alpha value is -1.22. The van der Waals surface area contributed by atoms with Crippen LogP contribution in [0.15, 0.2) is 62.4 Å². The van der Waals surface area contributed by atoms with E-state index in [9.17, 15) is 13.2 Å². The normalized spacial score (nSPS) is 18.5. The molecule has 0 spiro atoms. The lowest BCUT2D eigenvalue weighted by Gasteiger charge is -2.31. The van der Waals surface area contributed by atoms with Crippen LogP contribution in [0.5, 0.6) is 0 Å². The van der Waals surface area contributed by atoms with Crippen molar-refractivity contribution in [2.24, 2.45) is 5.92 Å². The van der Waals surface area contributed by atoms with E-state index in [4.69, 9.17) is 0 Å². The van der Waals surface area contributed by atoms with Gasteiger partial charge in [-0.3, -0.25) is 4.79 Å². The van der Waals surface area contributed by atoms with E-state index < -0.39 is 10.0 Å². The Morgan fingerprint density at radius 1 is 1.08 bits per heavy atom. The number of halogens is 2. The zero-order valence-electron chi connectivity index (χ0n) is 13.9. The highest BCUT2D eigenvalue weighted by Crippen LogP contribution is 2.26. The highest BCUT2D eigenvalue weighted by molar-refractivity contribution is 9.10. The highest BCUT2D eigenvalue weighted by atomic mass is 79.9. The maximum absolute atomic E-state index is 12.8. The van der Waals surface area contributed by atoms with Crippen molar-refractivity contribution >= 4 is 53.5 Å². The monoisotopic (exact) mass is 500 g/mol. The highest BCUT2D eigenvalue weighted by Gasteiger charge is 2.33. The minimum absolute atomic E-state index is 0.154. The summed E-state index contributed by atoms with van der Waals surface area (Å²) in [6, 6.07) is 13.9.